The van der Waals surface area contributed by atoms with E-state index in [2.05, 4.69) is 10.2 Å². The summed E-state index contributed by atoms with van der Waals surface area (Å²) in [5.74, 6) is -0.667. The van der Waals surface area contributed by atoms with Crippen LogP contribution in [0, 0.1) is 15.9 Å². The second-order valence-corrected chi connectivity index (χ2v) is 8.12. The van der Waals surface area contributed by atoms with Crippen LogP contribution in [0.25, 0.3) is 11.3 Å². The molecule has 0 aliphatic carbocycles. The molecular weight excluding hydrogens is 447 g/mol. The van der Waals surface area contributed by atoms with Crippen LogP contribution >= 0.6 is 11.6 Å². The Balaban J connectivity index is 1.65. The summed E-state index contributed by atoms with van der Waals surface area (Å²) in [7, 11) is 0. The van der Waals surface area contributed by atoms with Gasteiger partial charge in [-0.1, -0.05) is 48.0 Å². The van der Waals surface area contributed by atoms with Gasteiger partial charge in [-0.15, -0.1) is 0 Å². The lowest BCUT2D eigenvalue weighted by molar-refractivity contribution is -0.384. The average Bonchev–Trinajstić information content (AvgIpc) is 3.35. The molecule has 4 aromatic rings. The highest BCUT2D eigenvalue weighted by molar-refractivity contribution is 6.30. The molecular formula is C24H16ClFN4O3. The van der Waals surface area contributed by atoms with Crippen LogP contribution < -0.4 is 0 Å². The van der Waals surface area contributed by atoms with E-state index in [1.54, 1.807) is 53.4 Å². The maximum atomic E-state index is 13.4. The topological polar surface area (TPSA) is 92.1 Å². The van der Waals surface area contributed by atoms with Crippen molar-refractivity contribution in [2.24, 2.45) is 0 Å². The van der Waals surface area contributed by atoms with Crippen molar-refractivity contribution in [2.45, 2.75) is 12.6 Å². The number of amides is 1. The largest absolute Gasteiger partial charge is 0.322 e. The van der Waals surface area contributed by atoms with Gasteiger partial charge in [0.2, 0.25) is 0 Å². The first-order valence-corrected chi connectivity index (χ1v) is 10.4. The number of hydrogen-bond acceptors (Lipinski definition) is 4. The maximum Gasteiger partial charge on any atom is 0.273 e. The Bertz CT molecular complexity index is 1370. The molecule has 1 N–H and O–H groups in total. The van der Waals surface area contributed by atoms with Gasteiger partial charge in [0.1, 0.15) is 11.5 Å². The quantitative estimate of drug-likeness (QED) is 0.312. The van der Waals surface area contributed by atoms with Gasteiger partial charge in [-0.3, -0.25) is 20.0 Å². The van der Waals surface area contributed by atoms with Crippen LogP contribution in [0.5, 0.6) is 0 Å². The number of nitrogens with zero attached hydrogens (tertiary/aromatic N) is 3. The van der Waals surface area contributed by atoms with Gasteiger partial charge in [0.15, 0.2) is 0 Å². The van der Waals surface area contributed by atoms with E-state index in [4.69, 9.17) is 11.6 Å². The number of aromatic nitrogens is 2. The van der Waals surface area contributed by atoms with Crippen molar-refractivity contribution < 1.29 is 14.1 Å². The van der Waals surface area contributed by atoms with Gasteiger partial charge in [0, 0.05) is 34.8 Å². The van der Waals surface area contributed by atoms with Crippen molar-refractivity contribution in [1.82, 2.24) is 15.1 Å². The summed E-state index contributed by atoms with van der Waals surface area (Å²) in [5, 5.41) is 19.2. The Morgan fingerprint density at radius 3 is 2.52 bits per heavy atom. The molecule has 1 aromatic heterocycles. The first-order chi connectivity index (χ1) is 15.9. The molecule has 0 spiro atoms. The number of H-pyrrole nitrogens is 1. The molecule has 164 valence electrons. The van der Waals surface area contributed by atoms with Crippen molar-refractivity contribution in [3.8, 4) is 11.3 Å². The van der Waals surface area contributed by atoms with Gasteiger partial charge in [0.05, 0.1) is 16.7 Å². The molecule has 1 unspecified atom stereocenters. The predicted molar refractivity (Wildman–Crippen MR) is 120 cm³/mol. The molecule has 1 amide bonds. The molecule has 5 rings (SSSR count). The average molecular weight is 463 g/mol. The lowest BCUT2D eigenvalue weighted by atomic mass is 9.95. The number of nitro groups is 1. The Labute approximate surface area is 192 Å². The van der Waals surface area contributed by atoms with Crippen LogP contribution in [-0.2, 0) is 6.54 Å². The van der Waals surface area contributed by atoms with Crippen molar-refractivity contribution in [3.05, 3.63) is 116 Å². The predicted octanol–water partition coefficient (Wildman–Crippen LogP) is 5.52. The molecule has 1 aliphatic heterocycles. The van der Waals surface area contributed by atoms with E-state index in [0.29, 0.717) is 27.5 Å². The molecule has 0 saturated carbocycles. The fraction of sp³-hybridized carbons (Fsp3) is 0.0833. The number of rotatable bonds is 5. The zero-order valence-corrected chi connectivity index (χ0v) is 17.8. The molecule has 3 aromatic carbocycles. The van der Waals surface area contributed by atoms with Gasteiger partial charge in [0.25, 0.3) is 11.6 Å². The molecule has 1 aliphatic rings. The fourth-order valence-electron chi connectivity index (χ4n) is 4.13. The molecule has 7 nitrogen and oxygen atoms in total. The third kappa shape index (κ3) is 3.74. The summed E-state index contributed by atoms with van der Waals surface area (Å²) in [5.41, 5.74) is 3.49. The van der Waals surface area contributed by atoms with Crippen molar-refractivity contribution in [1.29, 1.82) is 0 Å². The van der Waals surface area contributed by atoms with Crippen molar-refractivity contribution in [2.75, 3.05) is 0 Å². The Hall–Kier alpha value is -4.04. The van der Waals surface area contributed by atoms with E-state index in [-0.39, 0.29) is 24.0 Å². The van der Waals surface area contributed by atoms with Crippen LogP contribution in [0.4, 0.5) is 10.1 Å². The fourth-order valence-corrected chi connectivity index (χ4v) is 4.26. The highest BCUT2D eigenvalue weighted by Gasteiger charge is 2.42. The minimum absolute atomic E-state index is 0.0772. The maximum absolute atomic E-state index is 13.4. The summed E-state index contributed by atoms with van der Waals surface area (Å²) >= 11 is 6.03. The molecule has 0 saturated heterocycles. The molecule has 0 radical (unpaired) electrons. The molecule has 33 heavy (non-hydrogen) atoms. The van der Waals surface area contributed by atoms with E-state index < -0.39 is 11.0 Å². The number of carbonyl (C=O) groups excluding carboxylic acids is 1. The number of carbonyl (C=O) groups is 1. The normalized spacial score (nSPS) is 15.0. The third-order valence-electron chi connectivity index (χ3n) is 5.64. The smallest absolute Gasteiger partial charge is 0.273 e. The summed E-state index contributed by atoms with van der Waals surface area (Å²) < 4.78 is 13.4. The van der Waals surface area contributed by atoms with Gasteiger partial charge >= 0.3 is 0 Å². The number of nitro benzene ring substituents is 1. The van der Waals surface area contributed by atoms with Gasteiger partial charge in [-0.05, 0) is 35.4 Å². The molecule has 2 heterocycles. The second kappa shape index (κ2) is 8.14. The van der Waals surface area contributed by atoms with Crippen LogP contribution in [0.3, 0.4) is 0 Å². The zero-order valence-electron chi connectivity index (χ0n) is 17.0. The van der Waals surface area contributed by atoms with E-state index in [1.165, 1.54) is 24.3 Å². The number of nitrogens with one attached hydrogen (secondary N) is 1. The van der Waals surface area contributed by atoms with Gasteiger partial charge < -0.3 is 4.90 Å². The first-order valence-electron chi connectivity index (χ1n) is 10.1. The Morgan fingerprint density at radius 2 is 1.82 bits per heavy atom. The van der Waals surface area contributed by atoms with Crippen LogP contribution in [0.2, 0.25) is 5.02 Å². The van der Waals surface area contributed by atoms with E-state index in [1.807, 2.05) is 0 Å². The summed E-state index contributed by atoms with van der Waals surface area (Å²) in [6.45, 7) is 0.190. The third-order valence-corrected chi connectivity index (χ3v) is 5.90. The second-order valence-electron chi connectivity index (χ2n) is 7.68. The molecule has 9 heteroatoms. The lowest BCUT2D eigenvalue weighted by Crippen LogP contribution is -2.29. The molecule has 1 atom stereocenters. The zero-order chi connectivity index (χ0) is 23.1. The number of benzene rings is 3. The summed E-state index contributed by atoms with van der Waals surface area (Å²) in [6, 6.07) is 18.5. The highest BCUT2D eigenvalue weighted by Crippen LogP contribution is 2.44. The Morgan fingerprint density at radius 1 is 1.09 bits per heavy atom. The lowest BCUT2D eigenvalue weighted by Gasteiger charge is -2.26. The SMILES string of the molecule is O=C1c2[nH]nc(-c3ccc(Cl)cc3)c2C(c2cccc([N+](=O)[O-])c2)N1Cc1ccc(F)cc1. The summed E-state index contributed by atoms with van der Waals surface area (Å²) in [4.78, 5) is 25.9. The van der Waals surface area contributed by atoms with E-state index in [0.717, 1.165) is 11.1 Å². The number of non-ortho nitro benzene ring substituents is 1. The van der Waals surface area contributed by atoms with Crippen LogP contribution in [0.1, 0.15) is 33.2 Å². The first kappa shape index (κ1) is 20.8. The Kier molecular flexibility index (Phi) is 5.14. The number of halogens is 2. The minimum Gasteiger partial charge on any atom is -0.322 e. The van der Waals surface area contributed by atoms with E-state index in [9.17, 15) is 19.3 Å². The van der Waals surface area contributed by atoms with E-state index >= 15 is 0 Å². The van der Waals surface area contributed by atoms with Crippen LogP contribution in [-0.4, -0.2) is 25.9 Å². The van der Waals surface area contributed by atoms with Crippen molar-refractivity contribution in [3.63, 3.8) is 0 Å². The standard InChI is InChI=1S/C24H16ClFN4O3/c25-17-8-6-15(7-9-17)21-20-22(28-27-21)24(31)29(13-14-4-10-18(26)11-5-14)23(20)16-2-1-3-19(12-16)30(32)33/h1-12,23H,13H2,(H,27,28). The minimum atomic E-state index is -0.623. The molecule has 0 fully saturated rings. The number of hydrogen-bond donors (Lipinski definition) is 1. The molecule has 0 bridgehead atoms. The van der Waals surface area contributed by atoms with Crippen molar-refractivity contribution >= 4 is 23.2 Å². The van der Waals surface area contributed by atoms with Gasteiger partial charge in [-0.25, -0.2) is 4.39 Å². The monoisotopic (exact) mass is 462 g/mol. The number of fused-ring (bicyclic) bond motifs is 1. The number of aromatic amines is 1. The van der Waals surface area contributed by atoms with Gasteiger partial charge in [-0.2, -0.15) is 5.10 Å². The summed E-state index contributed by atoms with van der Waals surface area (Å²) in [6.07, 6.45) is 0. The highest BCUT2D eigenvalue weighted by atomic mass is 35.5. The van der Waals surface area contributed by atoms with Crippen LogP contribution in [0.15, 0.2) is 72.8 Å².